The van der Waals surface area contributed by atoms with Crippen LogP contribution in [0, 0.1) is 6.92 Å². The molecule has 1 rings (SSSR count). The topological polar surface area (TPSA) is 49.3 Å². The second-order valence-electron chi connectivity index (χ2n) is 3.78. The molecular weight excluding hydrogens is 226 g/mol. The Labute approximate surface area is 100 Å². The molecule has 0 spiro atoms. The van der Waals surface area contributed by atoms with E-state index in [0.717, 1.165) is 17.7 Å². The predicted octanol–water partition coefficient (Wildman–Crippen LogP) is 3.31. The van der Waals surface area contributed by atoms with Gasteiger partial charge in [0.15, 0.2) is 0 Å². The van der Waals surface area contributed by atoms with Crippen molar-refractivity contribution in [2.24, 2.45) is 0 Å². The van der Waals surface area contributed by atoms with E-state index in [1.165, 1.54) is 0 Å². The van der Waals surface area contributed by atoms with Crippen LogP contribution in [0.4, 0.5) is 5.69 Å². The average Bonchev–Trinajstić information content (AvgIpc) is 2.22. The maximum Gasteiger partial charge on any atom is 0.326 e. The highest BCUT2D eigenvalue weighted by Crippen LogP contribution is 2.21. The highest BCUT2D eigenvalue weighted by Gasteiger charge is 2.16. The van der Waals surface area contributed by atoms with Crippen molar-refractivity contribution in [2.75, 3.05) is 5.32 Å². The van der Waals surface area contributed by atoms with Crippen molar-refractivity contribution in [2.45, 2.75) is 32.7 Å². The van der Waals surface area contributed by atoms with Crippen LogP contribution >= 0.6 is 11.6 Å². The van der Waals surface area contributed by atoms with Crippen molar-refractivity contribution < 1.29 is 9.90 Å². The lowest BCUT2D eigenvalue weighted by Gasteiger charge is -2.16. The van der Waals surface area contributed by atoms with Gasteiger partial charge in [0.1, 0.15) is 6.04 Å². The van der Waals surface area contributed by atoms with Crippen LogP contribution in [0.1, 0.15) is 25.3 Å². The second-order valence-corrected chi connectivity index (χ2v) is 4.22. The van der Waals surface area contributed by atoms with Gasteiger partial charge in [-0.05, 0) is 31.0 Å². The van der Waals surface area contributed by atoms with Gasteiger partial charge in [0.2, 0.25) is 0 Å². The van der Waals surface area contributed by atoms with Crippen molar-refractivity contribution >= 4 is 23.3 Å². The summed E-state index contributed by atoms with van der Waals surface area (Å²) in [7, 11) is 0. The smallest absolute Gasteiger partial charge is 0.326 e. The second kappa shape index (κ2) is 5.75. The van der Waals surface area contributed by atoms with Crippen LogP contribution in [0.3, 0.4) is 0 Å². The van der Waals surface area contributed by atoms with E-state index in [4.69, 9.17) is 16.7 Å². The predicted molar refractivity (Wildman–Crippen MR) is 66.1 cm³/mol. The number of carbonyl (C=O) groups is 1. The summed E-state index contributed by atoms with van der Waals surface area (Å²) >= 11 is 5.87. The summed E-state index contributed by atoms with van der Waals surface area (Å²) in [5.74, 6) is -0.832. The first-order valence-corrected chi connectivity index (χ1v) is 5.68. The lowest BCUT2D eigenvalue weighted by atomic mass is 10.1. The van der Waals surface area contributed by atoms with Crippen LogP contribution in [-0.4, -0.2) is 17.1 Å². The van der Waals surface area contributed by atoms with Crippen molar-refractivity contribution in [1.29, 1.82) is 0 Å². The molecule has 0 aliphatic carbocycles. The molecule has 4 heteroatoms. The largest absolute Gasteiger partial charge is 0.480 e. The molecule has 0 radical (unpaired) electrons. The number of aryl methyl sites for hydroxylation is 1. The quantitative estimate of drug-likeness (QED) is 0.832. The van der Waals surface area contributed by atoms with Gasteiger partial charge in [-0.3, -0.25) is 0 Å². The van der Waals surface area contributed by atoms with E-state index in [1.54, 1.807) is 12.1 Å². The number of carboxylic acids is 1. The van der Waals surface area contributed by atoms with E-state index in [2.05, 4.69) is 5.32 Å². The van der Waals surface area contributed by atoms with E-state index in [9.17, 15) is 4.79 Å². The third kappa shape index (κ3) is 3.42. The van der Waals surface area contributed by atoms with Crippen LogP contribution in [-0.2, 0) is 4.79 Å². The van der Waals surface area contributed by atoms with Gasteiger partial charge in [0.05, 0.1) is 0 Å². The summed E-state index contributed by atoms with van der Waals surface area (Å²) in [6, 6.07) is 4.86. The summed E-state index contributed by atoms with van der Waals surface area (Å²) in [6.45, 7) is 3.88. The Morgan fingerprint density at radius 2 is 2.25 bits per heavy atom. The molecule has 0 amide bonds. The molecule has 88 valence electrons. The Balaban J connectivity index is 2.84. The van der Waals surface area contributed by atoms with Gasteiger partial charge in [-0.15, -0.1) is 0 Å². The Morgan fingerprint density at radius 1 is 1.56 bits per heavy atom. The minimum atomic E-state index is -0.832. The fourth-order valence-corrected chi connectivity index (χ4v) is 1.66. The maximum absolute atomic E-state index is 11.0. The molecular formula is C12H16ClNO2. The van der Waals surface area contributed by atoms with E-state index >= 15 is 0 Å². The number of anilines is 1. The summed E-state index contributed by atoms with van der Waals surface area (Å²) in [5, 5.41) is 12.6. The van der Waals surface area contributed by atoms with Crippen LogP contribution in [0.2, 0.25) is 5.02 Å². The molecule has 1 aromatic rings. The molecule has 3 nitrogen and oxygen atoms in total. The maximum atomic E-state index is 11.0. The average molecular weight is 242 g/mol. The zero-order valence-electron chi connectivity index (χ0n) is 9.46. The van der Waals surface area contributed by atoms with Gasteiger partial charge in [0.25, 0.3) is 0 Å². The molecule has 1 aromatic carbocycles. The van der Waals surface area contributed by atoms with Gasteiger partial charge in [0, 0.05) is 10.7 Å². The number of hydrogen-bond donors (Lipinski definition) is 2. The third-order valence-corrected chi connectivity index (χ3v) is 2.64. The first-order valence-electron chi connectivity index (χ1n) is 5.30. The van der Waals surface area contributed by atoms with Gasteiger partial charge >= 0.3 is 5.97 Å². The number of rotatable bonds is 5. The molecule has 0 saturated heterocycles. The Morgan fingerprint density at radius 3 is 2.81 bits per heavy atom. The third-order valence-electron chi connectivity index (χ3n) is 2.40. The lowest BCUT2D eigenvalue weighted by Crippen LogP contribution is -2.29. The normalized spacial score (nSPS) is 12.2. The zero-order chi connectivity index (χ0) is 12.1. The monoisotopic (exact) mass is 241 g/mol. The first kappa shape index (κ1) is 12.8. The Kier molecular flexibility index (Phi) is 4.62. The van der Waals surface area contributed by atoms with E-state index in [0.29, 0.717) is 11.4 Å². The summed E-state index contributed by atoms with van der Waals surface area (Å²) < 4.78 is 0. The van der Waals surface area contributed by atoms with Crippen molar-refractivity contribution in [3.63, 3.8) is 0 Å². The molecule has 0 fully saturated rings. The minimum Gasteiger partial charge on any atom is -0.480 e. The van der Waals surface area contributed by atoms with Gasteiger partial charge in [-0.1, -0.05) is 31.0 Å². The van der Waals surface area contributed by atoms with Crippen molar-refractivity contribution in [3.8, 4) is 0 Å². The molecule has 16 heavy (non-hydrogen) atoms. The lowest BCUT2D eigenvalue weighted by molar-refractivity contribution is -0.138. The molecule has 0 aliphatic heterocycles. The summed E-state index contributed by atoms with van der Waals surface area (Å²) in [6.07, 6.45) is 1.42. The van der Waals surface area contributed by atoms with Crippen molar-refractivity contribution in [1.82, 2.24) is 0 Å². The van der Waals surface area contributed by atoms with Gasteiger partial charge < -0.3 is 10.4 Å². The molecule has 0 unspecified atom stereocenters. The zero-order valence-corrected chi connectivity index (χ0v) is 10.2. The van der Waals surface area contributed by atoms with Crippen LogP contribution in [0.25, 0.3) is 0 Å². The van der Waals surface area contributed by atoms with E-state index in [1.807, 2.05) is 19.9 Å². The molecule has 0 saturated carbocycles. The number of halogens is 1. The number of nitrogens with one attached hydrogen (secondary N) is 1. The molecule has 0 bridgehead atoms. The highest BCUT2D eigenvalue weighted by atomic mass is 35.5. The Bertz CT molecular complexity index is 379. The van der Waals surface area contributed by atoms with E-state index < -0.39 is 12.0 Å². The summed E-state index contributed by atoms with van der Waals surface area (Å²) in [4.78, 5) is 11.0. The van der Waals surface area contributed by atoms with Gasteiger partial charge in [-0.25, -0.2) is 4.79 Å². The molecule has 0 aromatic heterocycles. The van der Waals surface area contributed by atoms with Gasteiger partial charge in [-0.2, -0.15) is 0 Å². The van der Waals surface area contributed by atoms with Crippen LogP contribution in [0.5, 0.6) is 0 Å². The molecule has 0 heterocycles. The summed E-state index contributed by atoms with van der Waals surface area (Å²) in [5.41, 5.74) is 1.78. The standard InChI is InChI=1S/C12H16ClNO2/c1-3-4-10(12(15)16)14-11-7-9(13)6-5-8(11)2/h5-7,10,14H,3-4H2,1-2H3,(H,15,16)/t10-/m0/s1. The molecule has 1 atom stereocenters. The number of aliphatic carboxylic acids is 1. The minimum absolute atomic E-state index is 0.554. The molecule has 2 N–H and O–H groups in total. The van der Waals surface area contributed by atoms with Crippen LogP contribution < -0.4 is 5.32 Å². The fraction of sp³-hybridized carbons (Fsp3) is 0.417. The number of benzene rings is 1. The first-order chi connectivity index (χ1) is 7.54. The number of carboxylic acid groups (broad SMARTS) is 1. The highest BCUT2D eigenvalue weighted by molar-refractivity contribution is 6.30. The van der Waals surface area contributed by atoms with Crippen molar-refractivity contribution in [3.05, 3.63) is 28.8 Å². The number of hydrogen-bond acceptors (Lipinski definition) is 2. The fourth-order valence-electron chi connectivity index (χ4n) is 1.48. The van der Waals surface area contributed by atoms with E-state index in [-0.39, 0.29) is 0 Å². The molecule has 0 aliphatic rings. The van der Waals surface area contributed by atoms with Crippen LogP contribution in [0.15, 0.2) is 18.2 Å². The SMILES string of the molecule is CCC[C@H](Nc1cc(Cl)ccc1C)C(=O)O. The Hall–Kier alpha value is -1.22.